The molecule has 0 spiro atoms. The summed E-state index contributed by atoms with van der Waals surface area (Å²) in [6.07, 6.45) is 6.19. The van der Waals surface area contributed by atoms with Crippen molar-refractivity contribution in [1.29, 1.82) is 0 Å². The summed E-state index contributed by atoms with van der Waals surface area (Å²) in [4.78, 5) is 23.8. The number of aldehydes is 1. The molecule has 0 bridgehead atoms. The van der Waals surface area contributed by atoms with Crippen molar-refractivity contribution in [2.24, 2.45) is 0 Å². The average Bonchev–Trinajstić information content (AvgIpc) is 2.90. The fourth-order valence-corrected chi connectivity index (χ4v) is 11.0. The third kappa shape index (κ3) is 4.60. The van der Waals surface area contributed by atoms with Gasteiger partial charge in [-0.1, -0.05) is 47.6 Å². The van der Waals surface area contributed by atoms with E-state index < -0.39 is 25.8 Å². The second-order valence-electron chi connectivity index (χ2n) is 9.97. The molecule has 0 saturated carbocycles. The van der Waals surface area contributed by atoms with E-state index in [4.69, 9.17) is 13.9 Å². The van der Waals surface area contributed by atoms with E-state index >= 15 is 0 Å². The van der Waals surface area contributed by atoms with Gasteiger partial charge in [0.05, 0.1) is 6.10 Å². The second kappa shape index (κ2) is 9.12. The smallest absolute Gasteiger partial charge is 0.201 e. The lowest BCUT2D eigenvalue weighted by Gasteiger charge is -2.47. The van der Waals surface area contributed by atoms with Gasteiger partial charge in [-0.25, -0.2) is 0 Å². The van der Waals surface area contributed by atoms with E-state index in [2.05, 4.69) is 41.5 Å². The number of unbranched alkanes of at least 4 members (excludes halogenated alkanes) is 2. The predicted molar refractivity (Wildman–Crippen MR) is 117 cm³/mol. The van der Waals surface area contributed by atoms with E-state index in [1.165, 1.54) is 0 Å². The van der Waals surface area contributed by atoms with Crippen LogP contribution in [0, 0.1) is 0 Å². The van der Waals surface area contributed by atoms with Crippen LogP contribution in [0.1, 0.15) is 81.1 Å². The Bertz CT molecular complexity index is 603. The van der Waals surface area contributed by atoms with Gasteiger partial charge < -0.3 is 18.7 Å². The van der Waals surface area contributed by atoms with Gasteiger partial charge >= 0.3 is 0 Å². The number of hydrogen-bond acceptors (Lipinski definition) is 5. The number of ether oxygens (including phenoxy) is 2. The van der Waals surface area contributed by atoms with E-state index in [0.29, 0.717) is 29.5 Å². The van der Waals surface area contributed by atoms with Crippen LogP contribution in [0.3, 0.4) is 0 Å². The summed E-state index contributed by atoms with van der Waals surface area (Å²) in [7, 11) is -2.16. The highest BCUT2D eigenvalue weighted by atomic mass is 28.4. The van der Waals surface area contributed by atoms with Crippen molar-refractivity contribution in [3.63, 3.8) is 0 Å². The lowest BCUT2D eigenvalue weighted by Crippen LogP contribution is -2.59. The molecule has 1 heterocycles. The van der Waals surface area contributed by atoms with Gasteiger partial charge in [0.1, 0.15) is 12.4 Å². The maximum atomic E-state index is 13.1. The number of fused-ring (bicyclic) bond motifs is 1. The molecule has 1 saturated heterocycles. The minimum absolute atomic E-state index is 0.0510. The molecule has 1 unspecified atom stereocenters. The summed E-state index contributed by atoms with van der Waals surface area (Å²) in [5, 5.41) is 0. The van der Waals surface area contributed by atoms with Gasteiger partial charge in [-0.05, 0) is 55.8 Å². The molecular formula is C23H40O5Si. The number of ketones is 1. The first-order valence-corrected chi connectivity index (χ1v) is 13.3. The molecule has 29 heavy (non-hydrogen) atoms. The molecule has 1 aliphatic carbocycles. The van der Waals surface area contributed by atoms with Crippen LogP contribution in [0.5, 0.6) is 0 Å². The molecule has 0 amide bonds. The molecule has 0 aromatic carbocycles. The van der Waals surface area contributed by atoms with Crippen LogP contribution in [0.2, 0.25) is 16.6 Å². The Balaban J connectivity index is 2.40. The highest BCUT2D eigenvalue weighted by Gasteiger charge is 2.62. The molecular weight excluding hydrogens is 384 g/mol. The Labute approximate surface area is 177 Å². The Morgan fingerprint density at radius 2 is 1.69 bits per heavy atom. The molecule has 3 atom stereocenters. The van der Waals surface area contributed by atoms with Crippen molar-refractivity contribution in [2.75, 3.05) is 0 Å². The molecule has 0 radical (unpaired) electrons. The predicted octanol–water partition coefficient (Wildman–Crippen LogP) is 5.34. The van der Waals surface area contributed by atoms with Gasteiger partial charge in [-0.15, -0.1) is 0 Å². The standard InChI is InChI=1S/C23H40O5Si/c1-16(2)29(17(3)4,18(5)6)27-19-12-13-20(25)23(14-10-9-11-15-24)21(19)26-22(7,8)28-23/h12-13,15-19,21H,9-11,14H2,1-8H3/t19?,21-,23+/m1/s1. The number of rotatable bonds is 10. The van der Waals surface area contributed by atoms with Gasteiger partial charge in [0, 0.05) is 6.42 Å². The molecule has 0 aromatic heterocycles. The Morgan fingerprint density at radius 1 is 1.10 bits per heavy atom. The van der Waals surface area contributed by atoms with E-state index in [1.807, 2.05) is 19.9 Å². The van der Waals surface area contributed by atoms with Crippen molar-refractivity contribution in [1.82, 2.24) is 0 Å². The zero-order valence-electron chi connectivity index (χ0n) is 19.5. The lowest BCUT2D eigenvalue weighted by molar-refractivity contribution is -0.171. The van der Waals surface area contributed by atoms with Crippen LogP contribution in [0.4, 0.5) is 0 Å². The third-order valence-electron chi connectivity index (χ3n) is 6.62. The van der Waals surface area contributed by atoms with E-state index in [0.717, 1.165) is 19.1 Å². The molecule has 5 nitrogen and oxygen atoms in total. The summed E-state index contributed by atoms with van der Waals surface area (Å²) in [6.45, 7) is 17.3. The number of carbonyl (C=O) groups is 2. The van der Waals surface area contributed by atoms with Crippen molar-refractivity contribution in [3.8, 4) is 0 Å². The van der Waals surface area contributed by atoms with E-state index in [1.54, 1.807) is 6.08 Å². The lowest BCUT2D eigenvalue weighted by atomic mass is 9.80. The summed E-state index contributed by atoms with van der Waals surface area (Å²) in [5.41, 5.74) is 0.277. The molecule has 0 aromatic rings. The highest BCUT2D eigenvalue weighted by Crippen LogP contribution is 2.49. The van der Waals surface area contributed by atoms with Gasteiger partial charge in [-0.2, -0.15) is 0 Å². The van der Waals surface area contributed by atoms with Crippen LogP contribution >= 0.6 is 0 Å². The highest BCUT2D eigenvalue weighted by molar-refractivity contribution is 6.77. The Morgan fingerprint density at radius 3 is 2.21 bits per heavy atom. The minimum Gasteiger partial charge on any atom is -0.407 e. The molecule has 0 N–H and O–H groups in total. The summed E-state index contributed by atoms with van der Waals surface area (Å²) in [6, 6.07) is 0. The van der Waals surface area contributed by atoms with Gasteiger partial charge in [0.15, 0.2) is 17.2 Å². The van der Waals surface area contributed by atoms with Crippen LogP contribution in [-0.2, 0) is 23.5 Å². The van der Waals surface area contributed by atoms with Gasteiger partial charge in [-0.3, -0.25) is 4.79 Å². The maximum Gasteiger partial charge on any atom is 0.201 e. The maximum absolute atomic E-state index is 13.1. The Hall–Kier alpha value is -0.823. The van der Waals surface area contributed by atoms with E-state index in [9.17, 15) is 9.59 Å². The summed E-state index contributed by atoms with van der Waals surface area (Å²) >= 11 is 0. The first kappa shape index (κ1) is 24.4. The topological polar surface area (TPSA) is 61.8 Å². The quantitative estimate of drug-likeness (QED) is 0.269. The molecule has 2 aliphatic rings. The van der Waals surface area contributed by atoms with Gasteiger partial charge in [0.2, 0.25) is 8.32 Å². The summed E-state index contributed by atoms with van der Waals surface area (Å²) in [5.74, 6) is -0.902. The first-order chi connectivity index (χ1) is 13.4. The molecule has 2 rings (SSSR count). The SMILES string of the molecule is CC(C)[Si](OC1C=CC(=O)[C@]2(CCCCC=O)OC(C)(C)O[C@H]12)(C(C)C)C(C)C. The van der Waals surface area contributed by atoms with Crippen LogP contribution in [0.25, 0.3) is 0 Å². The normalized spacial score (nSPS) is 29.1. The van der Waals surface area contributed by atoms with Crippen molar-refractivity contribution >= 4 is 20.4 Å². The van der Waals surface area contributed by atoms with Crippen LogP contribution in [-0.4, -0.2) is 44.0 Å². The Kier molecular flexibility index (Phi) is 7.69. The van der Waals surface area contributed by atoms with Crippen molar-refractivity contribution in [2.45, 2.75) is 121 Å². The van der Waals surface area contributed by atoms with Crippen molar-refractivity contribution in [3.05, 3.63) is 12.2 Å². The second-order valence-corrected chi connectivity index (χ2v) is 15.4. The molecule has 166 valence electrons. The van der Waals surface area contributed by atoms with Crippen LogP contribution in [0.15, 0.2) is 12.2 Å². The molecule has 1 fully saturated rings. The monoisotopic (exact) mass is 424 g/mol. The number of carbonyl (C=O) groups excluding carboxylic acids is 2. The number of hydrogen-bond donors (Lipinski definition) is 0. The van der Waals surface area contributed by atoms with Crippen LogP contribution < -0.4 is 0 Å². The van der Waals surface area contributed by atoms with Crippen molar-refractivity contribution < 1.29 is 23.5 Å². The molecule has 6 heteroatoms. The zero-order chi connectivity index (χ0) is 22.0. The fraction of sp³-hybridized carbons (Fsp3) is 0.826. The zero-order valence-corrected chi connectivity index (χ0v) is 20.5. The fourth-order valence-electron chi connectivity index (χ4n) is 5.55. The van der Waals surface area contributed by atoms with E-state index in [-0.39, 0.29) is 11.9 Å². The molecule has 1 aliphatic heterocycles. The average molecular weight is 425 g/mol. The third-order valence-corrected chi connectivity index (χ3v) is 12.7. The first-order valence-electron chi connectivity index (χ1n) is 11.1. The largest absolute Gasteiger partial charge is 0.407 e. The minimum atomic E-state index is -2.16. The van der Waals surface area contributed by atoms with Gasteiger partial charge in [0.25, 0.3) is 0 Å². The summed E-state index contributed by atoms with van der Waals surface area (Å²) < 4.78 is 19.6.